The molecule has 7 heteroatoms. The van der Waals surface area contributed by atoms with Crippen LogP contribution in [0.4, 0.5) is 0 Å². The number of halogens is 1. The number of phenolic OH excluding ortho intramolecular Hbond substituents is 1. The number of phenols is 1. The lowest BCUT2D eigenvalue weighted by atomic mass is 10.2. The maximum absolute atomic E-state index is 11.9. The molecule has 23 heavy (non-hydrogen) atoms. The van der Waals surface area contributed by atoms with Gasteiger partial charge in [-0.1, -0.05) is 35.9 Å². The fourth-order valence-electron chi connectivity index (χ4n) is 1.72. The molecule has 0 aromatic heterocycles. The summed E-state index contributed by atoms with van der Waals surface area (Å²) < 4.78 is 0. The number of nitrogens with one attached hydrogen (secondary N) is 2. The number of hydrogen-bond acceptors (Lipinski definition) is 4. The van der Waals surface area contributed by atoms with Crippen LogP contribution in [0.3, 0.4) is 0 Å². The van der Waals surface area contributed by atoms with Gasteiger partial charge in [-0.2, -0.15) is 5.10 Å². The lowest BCUT2D eigenvalue weighted by Crippen LogP contribution is -2.35. The van der Waals surface area contributed by atoms with Crippen LogP contribution in [-0.4, -0.2) is 29.7 Å². The van der Waals surface area contributed by atoms with E-state index in [1.54, 1.807) is 36.4 Å². The van der Waals surface area contributed by atoms with Gasteiger partial charge in [0.25, 0.3) is 11.8 Å². The van der Waals surface area contributed by atoms with Crippen LogP contribution < -0.4 is 10.7 Å². The van der Waals surface area contributed by atoms with Crippen LogP contribution in [0.25, 0.3) is 0 Å². The monoisotopic (exact) mass is 331 g/mol. The fourth-order valence-corrected chi connectivity index (χ4v) is 1.95. The van der Waals surface area contributed by atoms with Crippen molar-refractivity contribution in [2.75, 3.05) is 6.54 Å². The number of carbonyl (C=O) groups excluding carboxylic acids is 2. The van der Waals surface area contributed by atoms with E-state index in [4.69, 9.17) is 11.6 Å². The molecule has 0 spiro atoms. The maximum Gasteiger partial charge on any atom is 0.259 e. The van der Waals surface area contributed by atoms with Crippen molar-refractivity contribution in [2.45, 2.75) is 0 Å². The lowest BCUT2D eigenvalue weighted by Gasteiger charge is -2.05. The van der Waals surface area contributed by atoms with E-state index in [0.29, 0.717) is 16.1 Å². The zero-order chi connectivity index (χ0) is 16.7. The molecule has 0 bridgehead atoms. The Morgan fingerprint density at radius 2 is 1.96 bits per heavy atom. The normalized spacial score (nSPS) is 10.5. The van der Waals surface area contributed by atoms with Gasteiger partial charge in [-0.3, -0.25) is 9.59 Å². The highest BCUT2D eigenvalue weighted by atomic mass is 35.5. The molecule has 2 aromatic rings. The van der Waals surface area contributed by atoms with Gasteiger partial charge in [0.2, 0.25) is 0 Å². The first-order chi connectivity index (χ1) is 11.1. The van der Waals surface area contributed by atoms with Gasteiger partial charge in [0.05, 0.1) is 23.3 Å². The largest absolute Gasteiger partial charge is 0.508 e. The molecule has 0 fully saturated rings. The summed E-state index contributed by atoms with van der Waals surface area (Å²) >= 11 is 5.89. The standard InChI is InChI=1S/C16H14ClN3O3/c17-14-7-2-1-6-13(14)16(23)18-10-15(22)20-19-9-11-4-3-5-12(21)8-11/h1-9,21H,10H2,(H,18,23)(H,20,22). The molecule has 2 amide bonds. The van der Waals surface area contributed by atoms with Crippen LogP contribution in [0.15, 0.2) is 53.6 Å². The summed E-state index contributed by atoms with van der Waals surface area (Å²) in [5.74, 6) is -0.822. The Kier molecular flexibility index (Phi) is 5.71. The van der Waals surface area contributed by atoms with Gasteiger partial charge in [-0.05, 0) is 29.8 Å². The summed E-state index contributed by atoms with van der Waals surface area (Å²) in [6.07, 6.45) is 1.38. The quantitative estimate of drug-likeness (QED) is 0.577. The predicted octanol–water partition coefficient (Wildman–Crippen LogP) is 1.93. The third-order valence-electron chi connectivity index (χ3n) is 2.80. The highest BCUT2D eigenvalue weighted by Crippen LogP contribution is 2.14. The minimum Gasteiger partial charge on any atom is -0.508 e. The van der Waals surface area contributed by atoms with Crippen LogP contribution in [0.2, 0.25) is 5.02 Å². The average molecular weight is 332 g/mol. The van der Waals surface area contributed by atoms with Gasteiger partial charge in [0.15, 0.2) is 0 Å². The van der Waals surface area contributed by atoms with Gasteiger partial charge in [-0.25, -0.2) is 5.43 Å². The number of nitrogens with zero attached hydrogens (tertiary/aromatic N) is 1. The molecule has 3 N–H and O–H groups in total. The number of aromatic hydroxyl groups is 1. The highest BCUT2D eigenvalue weighted by Gasteiger charge is 2.10. The highest BCUT2D eigenvalue weighted by molar-refractivity contribution is 6.33. The zero-order valence-corrected chi connectivity index (χ0v) is 12.7. The summed E-state index contributed by atoms with van der Waals surface area (Å²) in [5, 5.41) is 15.8. The van der Waals surface area contributed by atoms with Crippen molar-refractivity contribution in [1.82, 2.24) is 10.7 Å². The van der Waals surface area contributed by atoms with Gasteiger partial charge >= 0.3 is 0 Å². The molecule has 0 saturated carbocycles. The number of hydrazone groups is 1. The van der Waals surface area contributed by atoms with Gasteiger partial charge in [0, 0.05) is 0 Å². The van der Waals surface area contributed by atoms with Crippen LogP contribution in [-0.2, 0) is 4.79 Å². The Labute approximate surface area is 137 Å². The molecule has 0 atom stereocenters. The second kappa shape index (κ2) is 7.95. The van der Waals surface area contributed by atoms with Gasteiger partial charge < -0.3 is 10.4 Å². The molecule has 0 heterocycles. The SMILES string of the molecule is O=C(CNC(=O)c1ccccc1Cl)NN=Cc1cccc(O)c1. The van der Waals surface area contributed by atoms with E-state index in [1.165, 1.54) is 18.3 Å². The Morgan fingerprint density at radius 3 is 2.70 bits per heavy atom. The fraction of sp³-hybridized carbons (Fsp3) is 0.0625. The molecular formula is C16H14ClN3O3. The first-order valence-electron chi connectivity index (χ1n) is 6.70. The average Bonchev–Trinajstić information content (AvgIpc) is 2.53. The van der Waals surface area contributed by atoms with E-state index in [2.05, 4.69) is 15.8 Å². The van der Waals surface area contributed by atoms with Crippen LogP contribution >= 0.6 is 11.6 Å². The molecule has 0 aliphatic heterocycles. The van der Waals surface area contributed by atoms with Crippen molar-refractivity contribution in [3.8, 4) is 5.75 Å². The van der Waals surface area contributed by atoms with Crippen molar-refractivity contribution < 1.29 is 14.7 Å². The van der Waals surface area contributed by atoms with E-state index in [9.17, 15) is 14.7 Å². The van der Waals surface area contributed by atoms with E-state index in [0.717, 1.165) is 0 Å². The maximum atomic E-state index is 11.9. The number of carbonyl (C=O) groups is 2. The van der Waals surface area contributed by atoms with Crippen molar-refractivity contribution in [1.29, 1.82) is 0 Å². The molecular weight excluding hydrogens is 318 g/mol. The number of hydrogen-bond donors (Lipinski definition) is 3. The Bertz CT molecular complexity index is 747. The van der Waals surface area contributed by atoms with Crippen molar-refractivity contribution in [2.24, 2.45) is 5.10 Å². The zero-order valence-electron chi connectivity index (χ0n) is 12.0. The molecule has 2 aromatic carbocycles. The molecule has 6 nitrogen and oxygen atoms in total. The second-order valence-corrected chi connectivity index (χ2v) is 4.96. The summed E-state index contributed by atoms with van der Waals surface area (Å²) in [5.41, 5.74) is 3.20. The minimum atomic E-state index is -0.484. The van der Waals surface area contributed by atoms with Gasteiger partial charge in [0.1, 0.15) is 5.75 Å². The number of benzene rings is 2. The van der Waals surface area contributed by atoms with Crippen molar-refractivity contribution in [3.63, 3.8) is 0 Å². The molecule has 0 aliphatic carbocycles. The van der Waals surface area contributed by atoms with E-state index in [-0.39, 0.29) is 12.3 Å². The van der Waals surface area contributed by atoms with Crippen LogP contribution in [0, 0.1) is 0 Å². The molecule has 0 aliphatic rings. The second-order valence-electron chi connectivity index (χ2n) is 4.55. The van der Waals surface area contributed by atoms with Crippen molar-refractivity contribution in [3.05, 3.63) is 64.7 Å². The smallest absolute Gasteiger partial charge is 0.259 e. The Hall–Kier alpha value is -2.86. The molecule has 2 rings (SSSR count). The molecule has 0 unspecified atom stereocenters. The van der Waals surface area contributed by atoms with E-state index >= 15 is 0 Å². The topological polar surface area (TPSA) is 90.8 Å². The number of amides is 2. The lowest BCUT2D eigenvalue weighted by molar-refractivity contribution is -0.120. The van der Waals surface area contributed by atoms with Crippen LogP contribution in [0.5, 0.6) is 5.75 Å². The summed E-state index contributed by atoms with van der Waals surface area (Å²) in [6, 6.07) is 12.9. The minimum absolute atomic E-state index is 0.104. The molecule has 118 valence electrons. The van der Waals surface area contributed by atoms with Crippen molar-refractivity contribution >= 4 is 29.6 Å². The van der Waals surface area contributed by atoms with E-state index in [1.807, 2.05) is 0 Å². The third kappa shape index (κ3) is 5.12. The van der Waals surface area contributed by atoms with Gasteiger partial charge in [-0.15, -0.1) is 0 Å². The summed E-state index contributed by atoms with van der Waals surface area (Å²) in [4.78, 5) is 23.5. The van der Waals surface area contributed by atoms with Crippen LogP contribution in [0.1, 0.15) is 15.9 Å². The number of rotatable bonds is 5. The first kappa shape index (κ1) is 16.5. The Balaban J connectivity index is 1.81. The molecule has 0 saturated heterocycles. The Morgan fingerprint density at radius 1 is 1.17 bits per heavy atom. The summed E-state index contributed by atoms with van der Waals surface area (Å²) in [6.45, 7) is -0.235. The predicted molar refractivity (Wildman–Crippen MR) is 87.6 cm³/mol. The summed E-state index contributed by atoms with van der Waals surface area (Å²) in [7, 11) is 0. The third-order valence-corrected chi connectivity index (χ3v) is 3.13. The first-order valence-corrected chi connectivity index (χ1v) is 7.08. The molecule has 0 radical (unpaired) electrons. The van der Waals surface area contributed by atoms with E-state index < -0.39 is 11.8 Å².